The highest BCUT2D eigenvalue weighted by Gasteiger charge is 2.20. The SMILES string of the molecule is C[NH+](CC(=O)N[C@H](c1ccc(F)cc1)c1cccs1)Cc1ccc(F)cc1. The molecule has 0 aliphatic heterocycles. The van der Waals surface area contributed by atoms with Gasteiger partial charge in [0.15, 0.2) is 6.54 Å². The summed E-state index contributed by atoms with van der Waals surface area (Å²) >= 11 is 1.54. The molecule has 0 saturated heterocycles. The third kappa shape index (κ3) is 5.45. The lowest BCUT2D eigenvalue weighted by Crippen LogP contribution is -3.08. The summed E-state index contributed by atoms with van der Waals surface area (Å²) in [6.07, 6.45) is 0. The molecule has 1 aromatic heterocycles. The van der Waals surface area contributed by atoms with E-state index < -0.39 is 0 Å². The molecule has 27 heavy (non-hydrogen) atoms. The molecule has 1 unspecified atom stereocenters. The van der Waals surface area contributed by atoms with Crippen molar-refractivity contribution >= 4 is 17.2 Å². The van der Waals surface area contributed by atoms with Crippen molar-refractivity contribution in [1.29, 1.82) is 0 Å². The van der Waals surface area contributed by atoms with E-state index in [9.17, 15) is 13.6 Å². The van der Waals surface area contributed by atoms with Gasteiger partial charge in [-0.05, 0) is 41.3 Å². The zero-order valence-electron chi connectivity index (χ0n) is 14.9. The summed E-state index contributed by atoms with van der Waals surface area (Å²) in [5.74, 6) is -0.678. The molecule has 0 bridgehead atoms. The van der Waals surface area contributed by atoms with E-state index in [1.165, 1.54) is 24.3 Å². The largest absolute Gasteiger partial charge is 0.339 e. The summed E-state index contributed by atoms with van der Waals surface area (Å²) in [6.45, 7) is 0.897. The Balaban J connectivity index is 1.65. The minimum absolute atomic E-state index is 0.0997. The maximum absolute atomic E-state index is 13.2. The first-order valence-electron chi connectivity index (χ1n) is 8.65. The number of nitrogens with one attached hydrogen (secondary N) is 2. The van der Waals surface area contributed by atoms with E-state index in [-0.39, 0.29) is 30.1 Å². The Bertz CT molecular complexity index is 864. The van der Waals surface area contributed by atoms with E-state index in [0.29, 0.717) is 6.54 Å². The monoisotopic (exact) mass is 387 g/mol. The van der Waals surface area contributed by atoms with Gasteiger partial charge in [-0.1, -0.05) is 30.3 Å². The van der Waals surface area contributed by atoms with Crippen LogP contribution in [-0.4, -0.2) is 19.5 Å². The van der Waals surface area contributed by atoms with Gasteiger partial charge in [0, 0.05) is 10.4 Å². The summed E-state index contributed by atoms with van der Waals surface area (Å²) < 4.78 is 26.3. The van der Waals surface area contributed by atoms with E-state index in [1.807, 2.05) is 24.6 Å². The van der Waals surface area contributed by atoms with Gasteiger partial charge in [0.2, 0.25) is 0 Å². The number of thiophene rings is 1. The molecule has 2 N–H and O–H groups in total. The van der Waals surface area contributed by atoms with E-state index >= 15 is 0 Å². The van der Waals surface area contributed by atoms with Crippen molar-refractivity contribution < 1.29 is 18.5 Å². The molecule has 0 radical (unpaired) electrons. The smallest absolute Gasteiger partial charge is 0.275 e. The van der Waals surface area contributed by atoms with Crippen molar-refractivity contribution in [3.63, 3.8) is 0 Å². The lowest BCUT2D eigenvalue weighted by atomic mass is 10.1. The molecule has 3 nitrogen and oxygen atoms in total. The standard InChI is InChI=1S/C21H20F2N2OS/c1-25(13-15-4-8-17(22)9-5-15)14-20(26)24-21(19-3-2-12-27-19)16-6-10-18(23)11-7-16/h2-12,21H,13-14H2,1H3,(H,24,26)/p+1/t21-/m1/s1. The van der Waals surface area contributed by atoms with Crippen LogP contribution in [0, 0.1) is 11.6 Å². The van der Waals surface area contributed by atoms with Crippen LogP contribution in [0.2, 0.25) is 0 Å². The van der Waals surface area contributed by atoms with E-state index in [0.717, 1.165) is 20.9 Å². The number of quaternary nitrogens is 1. The predicted octanol–water partition coefficient (Wildman–Crippen LogP) is 2.95. The molecule has 0 aliphatic rings. The average molecular weight is 387 g/mol. The molecular formula is C21H21F2N2OS+. The maximum Gasteiger partial charge on any atom is 0.275 e. The number of halogens is 2. The number of hydrogen-bond donors (Lipinski definition) is 2. The summed E-state index contributed by atoms with van der Waals surface area (Å²) in [6, 6.07) is 16.0. The minimum Gasteiger partial charge on any atom is -0.339 e. The molecule has 3 aromatic rings. The highest BCUT2D eigenvalue weighted by Crippen LogP contribution is 2.26. The first-order chi connectivity index (χ1) is 13.0. The minimum atomic E-state index is -0.309. The Hall–Kier alpha value is -2.57. The number of carbonyl (C=O) groups excluding carboxylic acids is 1. The van der Waals surface area contributed by atoms with Gasteiger partial charge in [-0.3, -0.25) is 4.79 Å². The van der Waals surface area contributed by atoms with Crippen LogP contribution in [0.15, 0.2) is 66.0 Å². The molecule has 1 heterocycles. The fourth-order valence-electron chi connectivity index (χ4n) is 2.93. The van der Waals surface area contributed by atoms with Crippen molar-refractivity contribution in [3.05, 3.63) is 93.7 Å². The van der Waals surface area contributed by atoms with E-state index in [2.05, 4.69) is 5.32 Å². The molecule has 2 atom stereocenters. The van der Waals surface area contributed by atoms with Gasteiger partial charge >= 0.3 is 0 Å². The van der Waals surface area contributed by atoms with Crippen LogP contribution < -0.4 is 10.2 Å². The summed E-state index contributed by atoms with van der Waals surface area (Å²) in [5.41, 5.74) is 1.80. The molecular weight excluding hydrogens is 366 g/mol. The number of hydrogen-bond acceptors (Lipinski definition) is 2. The van der Waals surface area contributed by atoms with Crippen LogP contribution in [0.25, 0.3) is 0 Å². The molecule has 1 amide bonds. The van der Waals surface area contributed by atoms with Crippen molar-refractivity contribution in [2.24, 2.45) is 0 Å². The van der Waals surface area contributed by atoms with Crippen LogP contribution >= 0.6 is 11.3 Å². The molecule has 0 saturated carbocycles. The topological polar surface area (TPSA) is 33.5 Å². The summed E-state index contributed by atoms with van der Waals surface area (Å²) in [5, 5.41) is 5.00. The molecule has 6 heteroatoms. The normalized spacial score (nSPS) is 13.1. The molecule has 3 rings (SSSR count). The lowest BCUT2D eigenvalue weighted by molar-refractivity contribution is -0.885. The van der Waals surface area contributed by atoms with Gasteiger partial charge in [0.05, 0.1) is 13.1 Å². The zero-order valence-corrected chi connectivity index (χ0v) is 15.7. The second kappa shape index (κ2) is 8.88. The second-order valence-electron chi connectivity index (χ2n) is 6.50. The Kier molecular flexibility index (Phi) is 6.32. The van der Waals surface area contributed by atoms with Crippen LogP contribution in [0.4, 0.5) is 8.78 Å². The molecule has 0 fully saturated rings. The van der Waals surface area contributed by atoms with Gasteiger partial charge in [0.25, 0.3) is 5.91 Å². The third-order valence-electron chi connectivity index (χ3n) is 4.22. The number of likely N-dealkylation sites (N-methyl/N-ethyl adjacent to an activating group) is 1. The van der Waals surface area contributed by atoms with Crippen LogP contribution in [-0.2, 0) is 11.3 Å². The third-order valence-corrected chi connectivity index (χ3v) is 5.16. The van der Waals surface area contributed by atoms with Gasteiger partial charge < -0.3 is 10.2 Å². The zero-order chi connectivity index (χ0) is 19.2. The summed E-state index contributed by atoms with van der Waals surface area (Å²) in [7, 11) is 1.92. The number of carbonyl (C=O) groups is 1. The molecule has 140 valence electrons. The van der Waals surface area contributed by atoms with Crippen molar-refractivity contribution in [1.82, 2.24) is 5.32 Å². The Morgan fingerprint density at radius 2 is 1.67 bits per heavy atom. The first-order valence-corrected chi connectivity index (χ1v) is 9.53. The number of rotatable bonds is 7. The van der Waals surface area contributed by atoms with Crippen molar-refractivity contribution in [2.75, 3.05) is 13.6 Å². The quantitative estimate of drug-likeness (QED) is 0.642. The van der Waals surface area contributed by atoms with Crippen molar-refractivity contribution in [3.8, 4) is 0 Å². The van der Waals surface area contributed by atoms with Gasteiger partial charge in [0.1, 0.15) is 18.2 Å². The molecule has 0 aliphatic carbocycles. The predicted molar refractivity (Wildman–Crippen MR) is 103 cm³/mol. The average Bonchev–Trinajstić information content (AvgIpc) is 3.17. The highest BCUT2D eigenvalue weighted by molar-refractivity contribution is 7.10. The fourth-order valence-corrected chi connectivity index (χ4v) is 3.73. The van der Waals surface area contributed by atoms with Gasteiger partial charge in [-0.25, -0.2) is 8.78 Å². The van der Waals surface area contributed by atoms with Crippen LogP contribution in [0.1, 0.15) is 22.0 Å². The second-order valence-corrected chi connectivity index (χ2v) is 7.48. The first kappa shape index (κ1) is 19.2. The van der Waals surface area contributed by atoms with E-state index in [1.54, 1.807) is 35.6 Å². The van der Waals surface area contributed by atoms with Gasteiger partial charge in [-0.15, -0.1) is 11.3 Å². The van der Waals surface area contributed by atoms with Crippen LogP contribution in [0.5, 0.6) is 0 Å². The van der Waals surface area contributed by atoms with E-state index in [4.69, 9.17) is 0 Å². The van der Waals surface area contributed by atoms with Crippen molar-refractivity contribution in [2.45, 2.75) is 12.6 Å². The summed E-state index contributed by atoms with van der Waals surface area (Å²) in [4.78, 5) is 14.6. The van der Waals surface area contributed by atoms with Crippen LogP contribution in [0.3, 0.4) is 0 Å². The van der Waals surface area contributed by atoms with Gasteiger partial charge in [-0.2, -0.15) is 0 Å². The Labute approximate surface area is 161 Å². The molecule has 0 spiro atoms. The fraction of sp³-hybridized carbons (Fsp3) is 0.190. The maximum atomic E-state index is 13.2. The lowest BCUT2D eigenvalue weighted by Gasteiger charge is -2.20. The highest BCUT2D eigenvalue weighted by atomic mass is 32.1. The molecule has 2 aromatic carbocycles. The Morgan fingerprint density at radius 1 is 1.04 bits per heavy atom. The Morgan fingerprint density at radius 3 is 2.26 bits per heavy atom. The number of benzene rings is 2. The number of amides is 1.